The van der Waals surface area contributed by atoms with Crippen LogP contribution in [0.1, 0.15) is 11.4 Å². The fraction of sp³-hybridized carbons (Fsp3) is 0.188. The summed E-state index contributed by atoms with van der Waals surface area (Å²) < 4.78 is 6.31. The minimum atomic E-state index is -0.439. The number of hydrogen-bond acceptors (Lipinski definition) is 6. The van der Waals surface area contributed by atoms with E-state index in [1.807, 2.05) is 13.8 Å². The average Bonchev–Trinajstić information content (AvgIpc) is 3.02. The molecule has 122 valence electrons. The number of aromatic nitrogens is 4. The third-order valence-corrected chi connectivity index (χ3v) is 3.17. The molecule has 8 nitrogen and oxygen atoms in total. The van der Waals surface area contributed by atoms with Gasteiger partial charge in [0.15, 0.2) is 5.76 Å². The molecule has 0 aliphatic heterocycles. The Kier molecular flexibility index (Phi) is 4.19. The van der Waals surface area contributed by atoms with E-state index in [4.69, 9.17) is 4.42 Å². The summed E-state index contributed by atoms with van der Waals surface area (Å²) in [4.78, 5) is 32.3. The van der Waals surface area contributed by atoms with E-state index in [1.165, 1.54) is 12.3 Å². The Morgan fingerprint density at radius 3 is 2.62 bits per heavy atom. The standard InChI is InChI=1S/C16H15N5O3/c1-10-8-11(2)18-16(17-10)19-14(22)9-21-15(23)6-5-12(20-21)13-4-3-7-24-13/h3-8H,9H2,1-2H3,(H,17,18,19,22). The van der Waals surface area contributed by atoms with Crippen LogP contribution in [0.4, 0.5) is 5.95 Å². The van der Waals surface area contributed by atoms with Gasteiger partial charge in [-0.3, -0.25) is 14.9 Å². The van der Waals surface area contributed by atoms with Crippen LogP contribution in [-0.4, -0.2) is 25.7 Å². The van der Waals surface area contributed by atoms with Crippen LogP contribution in [0.3, 0.4) is 0 Å². The fourth-order valence-electron chi connectivity index (χ4n) is 2.20. The highest BCUT2D eigenvalue weighted by Gasteiger charge is 2.11. The summed E-state index contributed by atoms with van der Waals surface area (Å²) in [5, 5.41) is 6.71. The number of rotatable bonds is 4. The number of nitrogens with one attached hydrogen (secondary N) is 1. The van der Waals surface area contributed by atoms with Crippen molar-refractivity contribution in [2.24, 2.45) is 0 Å². The summed E-state index contributed by atoms with van der Waals surface area (Å²) in [7, 11) is 0. The van der Waals surface area contributed by atoms with E-state index in [2.05, 4.69) is 20.4 Å². The molecule has 1 amide bonds. The highest BCUT2D eigenvalue weighted by atomic mass is 16.3. The fourth-order valence-corrected chi connectivity index (χ4v) is 2.20. The molecule has 0 unspecified atom stereocenters. The molecular formula is C16H15N5O3. The molecule has 0 aliphatic carbocycles. The van der Waals surface area contributed by atoms with E-state index in [-0.39, 0.29) is 18.1 Å². The second kappa shape index (κ2) is 6.45. The van der Waals surface area contributed by atoms with Crippen LogP contribution < -0.4 is 10.9 Å². The third-order valence-electron chi connectivity index (χ3n) is 3.17. The quantitative estimate of drug-likeness (QED) is 0.780. The van der Waals surface area contributed by atoms with E-state index in [9.17, 15) is 9.59 Å². The van der Waals surface area contributed by atoms with Gasteiger partial charge in [0.2, 0.25) is 11.9 Å². The minimum Gasteiger partial charge on any atom is -0.463 e. The Hall–Kier alpha value is -3.29. The summed E-state index contributed by atoms with van der Waals surface area (Å²) in [6, 6.07) is 8.12. The second-order valence-electron chi connectivity index (χ2n) is 5.21. The summed E-state index contributed by atoms with van der Waals surface area (Å²) >= 11 is 0. The molecular weight excluding hydrogens is 310 g/mol. The van der Waals surface area contributed by atoms with Gasteiger partial charge in [-0.15, -0.1) is 0 Å². The van der Waals surface area contributed by atoms with E-state index in [1.54, 1.807) is 24.3 Å². The Bertz CT molecular complexity index is 911. The number of nitrogens with zero attached hydrogens (tertiary/aromatic N) is 4. The van der Waals surface area contributed by atoms with E-state index in [0.717, 1.165) is 16.1 Å². The van der Waals surface area contributed by atoms with Crippen LogP contribution in [0, 0.1) is 13.8 Å². The Balaban J connectivity index is 1.79. The Morgan fingerprint density at radius 1 is 1.21 bits per heavy atom. The summed E-state index contributed by atoms with van der Waals surface area (Å²) in [6.45, 7) is 3.37. The molecule has 0 saturated heterocycles. The number of carbonyl (C=O) groups excluding carboxylic acids is 1. The highest BCUT2D eigenvalue weighted by molar-refractivity contribution is 5.88. The lowest BCUT2D eigenvalue weighted by Gasteiger charge is -2.07. The number of aryl methyl sites for hydroxylation is 2. The Morgan fingerprint density at radius 2 is 1.96 bits per heavy atom. The maximum absolute atomic E-state index is 12.1. The topological polar surface area (TPSA) is 103 Å². The molecule has 24 heavy (non-hydrogen) atoms. The molecule has 0 aromatic carbocycles. The number of hydrogen-bond donors (Lipinski definition) is 1. The number of amides is 1. The van der Waals surface area contributed by atoms with Crippen LogP contribution in [0.25, 0.3) is 11.5 Å². The molecule has 3 rings (SSSR count). The van der Waals surface area contributed by atoms with Gasteiger partial charge in [-0.2, -0.15) is 5.10 Å². The molecule has 8 heteroatoms. The lowest BCUT2D eigenvalue weighted by molar-refractivity contribution is -0.117. The van der Waals surface area contributed by atoms with Crippen LogP contribution >= 0.6 is 0 Å². The summed E-state index contributed by atoms with van der Waals surface area (Å²) in [5.41, 5.74) is 1.57. The molecule has 3 aromatic heterocycles. The maximum Gasteiger partial charge on any atom is 0.267 e. The van der Waals surface area contributed by atoms with E-state index in [0.29, 0.717) is 11.5 Å². The molecule has 3 heterocycles. The van der Waals surface area contributed by atoms with Gasteiger partial charge in [0.05, 0.1) is 6.26 Å². The average molecular weight is 325 g/mol. The van der Waals surface area contributed by atoms with Crippen molar-refractivity contribution < 1.29 is 9.21 Å². The predicted octanol–water partition coefficient (Wildman–Crippen LogP) is 1.55. The molecule has 1 N–H and O–H groups in total. The first-order chi connectivity index (χ1) is 11.5. The molecule has 0 saturated carbocycles. The lowest BCUT2D eigenvalue weighted by atomic mass is 10.3. The molecule has 0 spiro atoms. The molecule has 0 atom stereocenters. The number of anilines is 1. The van der Waals surface area contributed by atoms with E-state index < -0.39 is 5.91 Å². The SMILES string of the molecule is Cc1cc(C)nc(NC(=O)Cn2nc(-c3ccco3)ccc2=O)n1. The maximum atomic E-state index is 12.1. The zero-order chi connectivity index (χ0) is 17.1. The normalized spacial score (nSPS) is 10.6. The van der Waals surface area contributed by atoms with Crippen molar-refractivity contribution in [3.05, 3.63) is 58.3 Å². The van der Waals surface area contributed by atoms with Crippen molar-refractivity contribution >= 4 is 11.9 Å². The van der Waals surface area contributed by atoms with Crippen molar-refractivity contribution in [1.82, 2.24) is 19.7 Å². The van der Waals surface area contributed by atoms with Gasteiger partial charge in [0.1, 0.15) is 12.2 Å². The van der Waals surface area contributed by atoms with Gasteiger partial charge in [-0.1, -0.05) is 0 Å². The first-order valence-electron chi connectivity index (χ1n) is 7.25. The van der Waals surface area contributed by atoms with Gasteiger partial charge in [-0.25, -0.2) is 14.6 Å². The monoisotopic (exact) mass is 325 g/mol. The lowest BCUT2D eigenvalue weighted by Crippen LogP contribution is -2.29. The Labute approximate surface area is 137 Å². The highest BCUT2D eigenvalue weighted by Crippen LogP contribution is 2.15. The van der Waals surface area contributed by atoms with E-state index >= 15 is 0 Å². The van der Waals surface area contributed by atoms with Gasteiger partial charge in [0.25, 0.3) is 5.56 Å². The van der Waals surface area contributed by atoms with Crippen molar-refractivity contribution in [2.75, 3.05) is 5.32 Å². The molecule has 0 fully saturated rings. The number of furan rings is 1. The van der Waals surface area contributed by atoms with Crippen molar-refractivity contribution in [3.63, 3.8) is 0 Å². The van der Waals surface area contributed by atoms with Crippen LogP contribution in [-0.2, 0) is 11.3 Å². The van der Waals surface area contributed by atoms with Gasteiger partial charge < -0.3 is 4.42 Å². The van der Waals surface area contributed by atoms with Crippen LogP contribution in [0.15, 0.2) is 45.8 Å². The van der Waals surface area contributed by atoms with Crippen molar-refractivity contribution in [2.45, 2.75) is 20.4 Å². The summed E-state index contributed by atoms with van der Waals surface area (Å²) in [5.74, 6) is 0.278. The molecule has 3 aromatic rings. The number of carbonyl (C=O) groups is 1. The zero-order valence-corrected chi connectivity index (χ0v) is 13.2. The minimum absolute atomic E-state index is 0.202. The molecule has 0 bridgehead atoms. The van der Waals surface area contributed by atoms with Crippen molar-refractivity contribution in [3.8, 4) is 11.5 Å². The smallest absolute Gasteiger partial charge is 0.267 e. The van der Waals surface area contributed by atoms with Gasteiger partial charge in [0, 0.05) is 17.5 Å². The van der Waals surface area contributed by atoms with Crippen LogP contribution in [0.5, 0.6) is 0 Å². The zero-order valence-electron chi connectivity index (χ0n) is 13.2. The molecule has 0 radical (unpaired) electrons. The first-order valence-corrected chi connectivity index (χ1v) is 7.25. The van der Waals surface area contributed by atoms with Crippen molar-refractivity contribution in [1.29, 1.82) is 0 Å². The predicted molar refractivity (Wildman–Crippen MR) is 86.3 cm³/mol. The largest absolute Gasteiger partial charge is 0.463 e. The second-order valence-corrected chi connectivity index (χ2v) is 5.21. The van der Waals surface area contributed by atoms with Crippen LogP contribution in [0.2, 0.25) is 0 Å². The summed E-state index contributed by atoms with van der Waals surface area (Å²) in [6.07, 6.45) is 1.51. The molecule has 0 aliphatic rings. The van der Waals surface area contributed by atoms with Gasteiger partial charge >= 0.3 is 0 Å². The third kappa shape index (κ3) is 3.54. The van der Waals surface area contributed by atoms with Gasteiger partial charge in [-0.05, 0) is 38.1 Å². The first kappa shape index (κ1) is 15.6.